The first-order valence-electron chi connectivity index (χ1n) is 4.63. The SMILES string of the molecule is O=C(Cl)c1ccc(-c2ccccc2[N+](=O)[O-])o1. The minimum atomic E-state index is -0.741. The van der Waals surface area contributed by atoms with Crippen LogP contribution in [0.2, 0.25) is 0 Å². The standard InChI is InChI=1S/C11H6ClNO4/c12-11(14)10-6-5-9(17-10)7-3-1-2-4-8(7)13(15)16/h1-6H. The molecule has 0 radical (unpaired) electrons. The summed E-state index contributed by atoms with van der Waals surface area (Å²) >= 11 is 5.24. The molecular formula is C11H6ClNO4. The Hall–Kier alpha value is -2.14. The van der Waals surface area contributed by atoms with Gasteiger partial charge in [-0.25, -0.2) is 0 Å². The van der Waals surface area contributed by atoms with Gasteiger partial charge in [-0.05, 0) is 29.8 Å². The predicted octanol–water partition coefficient (Wildman–Crippen LogP) is 3.23. The van der Waals surface area contributed by atoms with Crippen LogP contribution in [-0.4, -0.2) is 10.2 Å². The second kappa shape index (κ2) is 4.39. The van der Waals surface area contributed by atoms with Gasteiger partial charge in [0.2, 0.25) is 0 Å². The minimum absolute atomic E-state index is 0.0418. The number of halogens is 1. The average molecular weight is 252 g/mol. The van der Waals surface area contributed by atoms with Gasteiger partial charge in [0, 0.05) is 6.07 Å². The maximum atomic E-state index is 10.8. The molecule has 0 spiro atoms. The van der Waals surface area contributed by atoms with Crippen LogP contribution in [0.4, 0.5) is 5.69 Å². The molecular weight excluding hydrogens is 246 g/mol. The Balaban J connectivity index is 2.52. The van der Waals surface area contributed by atoms with Crippen molar-refractivity contribution in [3.05, 3.63) is 52.3 Å². The molecule has 17 heavy (non-hydrogen) atoms. The monoisotopic (exact) mass is 251 g/mol. The smallest absolute Gasteiger partial charge is 0.287 e. The lowest BCUT2D eigenvalue weighted by Crippen LogP contribution is -1.90. The molecule has 86 valence electrons. The van der Waals surface area contributed by atoms with Gasteiger partial charge in [-0.3, -0.25) is 14.9 Å². The lowest BCUT2D eigenvalue weighted by Gasteiger charge is -1.98. The van der Waals surface area contributed by atoms with E-state index in [2.05, 4.69) is 0 Å². The summed E-state index contributed by atoms with van der Waals surface area (Å²) in [5, 5.41) is 10.1. The van der Waals surface area contributed by atoms with E-state index in [4.69, 9.17) is 16.0 Å². The molecule has 0 bridgehead atoms. The highest BCUT2D eigenvalue weighted by Crippen LogP contribution is 2.30. The fourth-order valence-corrected chi connectivity index (χ4v) is 1.53. The molecule has 0 unspecified atom stereocenters. The lowest BCUT2D eigenvalue weighted by atomic mass is 10.1. The molecule has 6 heteroatoms. The van der Waals surface area contributed by atoms with Crippen LogP contribution in [0.5, 0.6) is 0 Å². The molecule has 0 atom stereocenters. The zero-order valence-corrected chi connectivity index (χ0v) is 9.18. The third kappa shape index (κ3) is 2.19. The highest BCUT2D eigenvalue weighted by Gasteiger charge is 2.18. The van der Waals surface area contributed by atoms with E-state index >= 15 is 0 Å². The van der Waals surface area contributed by atoms with E-state index in [1.807, 2.05) is 0 Å². The van der Waals surface area contributed by atoms with Crippen LogP contribution in [0, 0.1) is 10.1 Å². The molecule has 1 aromatic carbocycles. The Labute approximate surface area is 101 Å². The molecule has 0 saturated carbocycles. The Bertz CT molecular complexity index is 591. The van der Waals surface area contributed by atoms with Gasteiger partial charge in [0.1, 0.15) is 5.76 Å². The van der Waals surface area contributed by atoms with E-state index in [9.17, 15) is 14.9 Å². The number of nitro benzene ring substituents is 1. The first-order valence-corrected chi connectivity index (χ1v) is 5.01. The second-order valence-electron chi connectivity index (χ2n) is 3.21. The van der Waals surface area contributed by atoms with Crippen molar-refractivity contribution in [3.63, 3.8) is 0 Å². The number of para-hydroxylation sites is 1. The molecule has 0 aliphatic heterocycles. The Morgan fingerprint density at radius 3 is 2.53 bits per heavy atom. The molecule has 0 fully saturated rings. The number of nitrogens with zero attached hydrogens (tertiary/aromatic N) is 1. The lowest BCUT2D eigenvalue weighted by molar-refractivity contribution is -0.384. The van der Waals surface area contributed by atoms with Crippen molar-refractivity contribution in [2.45, 2.75) is 0 Å². The minimum Gasteiger partial charge on any atom is -0.451 e. The number of rotatable bonds is 3. The molecule has 2 rings (SSSR count). The highest BCUT2D eigenvalue weighted by molar-refractivity contribution is 6.67. The van der Waals surface area contributed by atoms with Gasteiger partial charge in [0.05, 0.1) is 10.5 Å². The maximum Gasteiger partial charge on any atom is 0.287 e. The summed E-state index contributed by atoms with van der Waals surface area (Å²) < 4.78 is 5.14. The molecule has 0 N–H and O–H groups in total. The van der Waals surface area contributed by atoms with Crippen molar-refractivity contribution in [3.8, 4) is 11.3 Å². The number of furan rings is 1. The summed E-state index contributed by atoms with van der Waals surface area (Å²) in [7, 11) is 0. The molecule has 2 aromatic rings. The first-order chi connectivity index (χ1) is 8.09. The van der Waals surface area contributed by atoms with Gasteiger partial charge >= 0.3 is 0 Å². The summed E-state index contributed by atoms with van der Waals surface area (Å²) in [5.74, 6) is 0.195. The number of hydrogen-bond acceptors (Lipinski definition) is 4. The van der Waals surface area contributed by atoms with E-state index in [1.165, 1.54) is 18.2 Å². The van der Waals surface area contributed by atoms with E-state index < -0.39 is 10.2 Å². The Morgan fingerprint density at radius 1 is 1.24 bits per heavy atom. The van der Waals surface area contributed by atoms with Gasteiger partial charge in [0.25, 0.3) is 10.9 Å². The van der Waals surface area contributed by atoms with Crippen LogP contribution in [0.1, 0.15) is 10.6 Å². The maximum absolute atomic E-state index is 10.8. The Kier molecular flexibility index (Phi) is 2.93. The van der Waals surface area contributed by atoms with Gasteiger partial charge in [-0.15, -0.1) is 0 Å². The second-order valence-corrected chi connectivity index (χ2v) is 3.56. The van der Waals surface area contributed by atoms with Crippen LogP contribution in [-0.2, 0) is 0 Å². The third-order valence-electron chi connectivity index (χ3n) is 2.17. The average Bonchev–Trinajstić information content (AvgIpc) is 2.78. The fourth-order valence-electron chi connectivity index (χ4n) is 1.43. The quantitative estimate of drug-likeness (QED) is 0.477. The summed E-state index contributed by atoms with van der Waals surface area (Å²) in [6.07, 6.45) is 0. The van der Waals surface area contributed by atoms with Crippen LogP contribution >= 0.6 is 11.6 Å². The van der Waals surface area contributed by atoms with Gasteiger partial charge in [0.15, 0.2) is 5.76 Å². The summed E-state index contributed by atoms with van der Waals surface area (Å²) in [6.45, 7) is 0. The normalized spacial score (nSPS) is 10.2. The van der Waals surface area contributed by atoms with Crippen molar-refractivity contribution >= 4 is 22.5 Å². The number of hydrogen-bond donors (Lipinski definition) is 0. The van der Waals surface area contributed by atoms with Crippen molar-refractivity contribution < 1.29 is 14.1 Å². The number of carbonyl (C=O) groups is 1. The fraction of sp³-hybridized carbons (Fsp3) is 0. The third-order valence-corrected chi connectivity index (χ3v) is 2.35. The molecule has 1 heterocycles. The van der Waals surface area contributed by atoms with Crippen molar-refractivity contribution in [1.82, 2.24) is 0 Å². The topological polar surface area (TPSA) is 73.3 Å². The van der Waals surface area contributed by atoms with Crippen LogP contribution in [0.3, 0.4) is 0 Å². The molecule has 0 saturated heterocycles. The van der Waals surface area contributed by atoms with Crippen LogP contribution in [0.15, 0.2) is 40.8 Å². The van der Waals surface area contributed by atoms with Gasteiger partial charge < -0.3 is 4.42 Å². The van der Waals surface area contributed by atoms with E-state index in [0.29, 0.717) is 5.56 Å². The molecule has 1 aromatic heterocycles. The summed E-state index contributed by atoms with van der Waals surface area (Å²) in [6, 6.07) is 8.95. The number of benzene rings is 1. The van der Waals surface area contributed by atoms with Crippen molar-refractivity contribution in [1.29, 1.82) is 0 Å². The number of carbonyl (C=O) groups excluding carboxylic acids is 1. The zero-order chi connectivity index (χ0) is 12.4. The van der Waals surface area contributed by atoms with E-state index in [0.717, 1.165) is 0 Å². The van der Waals surface area contributed by atoms with Crippen LogP contribution < -0.4 is 0 Å². The summed E-state index contributed by atoms with van der Waals surface area (Å²) in [4.78, 5) is 21.1. The largest absolute Gasteiger partial charge is 0.451 e. The molecule has 5 nitrogen and oxygen atoms in total. The first kappa shape index (κ1) is 11.3. The van der Waals surface area contributed by atoms with Crippen molar-refractivity contribution in [2.75, 3.05) is 0 Å². The molecule has 0 aliphatic rings. The predicted molar refractivity (Wildman–Crippen MR) is 61.0 cm³/mol. The van der Waals surface area contributed by atoms with Crippen LogP contribution in [0.25, 0.3) is 11.3 Å². The zero-order valence-electron chi connectivity index (χ0n) is 8.42. The molecule has 0 amide bonds. The van der Waals surface area contributed by atoms with Crippen molar-refractivity contribution in [2.24, 2.45) is 0 Å². The van der Waals surface area contributed by atoms with E-state index in [1.54, 1.807) is 18.2 Å². The summed E-state index contributed by atoms with van der Waals surface area (Å²) in [5.41, 5.74) is 0.220. The van der Waals surface area contributed by atoms with Gasteiger partial charge in [-0.1, -0.05) is 12.1 Å². The molecule has 0 aliphatic carbocycles. The number of nitro groups is 1. The Morgan fingerprint density at radius 2 is 1.94 bits per heavy atom. The van der Waals surface area contributed by atoms with E-state index in [-0.39, 0.29) is 17.2 Å². The highest BCUT2D eigenvalue weighted by atomic mass is 35.5. The van der Waals surface area contributed by atoms with Gasteiger partial charge in [-0.2, -0.15) is 0 Å².